The van der Waals surface area contributed by atoms with E-state index in [2.05, 4.69) is 17.2 Å². The Morgan fingerprint density at radius 3 is 2.93 bits per heavy atom. The van der Waals surface area contributed by atoms with Gasteiger partial charge in [0.2, 0.25) is 0 Å². The van der Waals surface area contributed by atoms with Crippen molar-refractivity contribution >= 4 is 11.6 Å². The molecule has 14 heavy (non-hydrogen) atoms. The van der Waals surface area contributed by atoms with Gasteiger partial charge in [-0.05, 0) is 43.9 Å². The van der Waals surface area contributed by atoms with Crippen LogP contribution in [0.3, 0.4) is 0 Å². The molecule has 1 unspecified atom stereocenters. The van der Waals surface area contributed by atoms with Crippen molar-refractivity contribution in [3.8, 4) is 0 Å². The molecule has 1 fully saturated rings. The number of nitrogens with one attached hydrogen (secondary N) is 1. The van der Waals surface area contributed by atoms with E-state index in [1.165, 1.54) is 18.4 Å². The van der Waals surface area contributed by atoms with Gasteiger partial charge in [-0.25, -0.2) is 4.98 Å². The summed E-state index contributed by atoms with van der Waals surface area (Å²) >= 11 is 5.72. The minimum Gasteiger partial charge on any atom is -0.310 e. The van der Waals surface area contributed by atoms with Gasteiger partial charge in [0, 0.05) is 12.2 Å². The minimum absolute atomic E-state index is 0.375. The van der Waals surface area contributed by atoms with Gasteiger partial charge in [0.1, 0.15) is 5.15 Å². The molecule has 0 radical (unpaired) electrons. The Bertz CT molecular complexity index is 293. The number of pyridine rings is 1. The summed E-state index contributed by atoms with van der Waals surface area (Å²) in [6, 6.07) is 4.24. The number of hydrogen-bond donors (Lipinski definition) is 1. The molecule has 0 spiro atoms. The zero-order valence-electron chi connectivity index (χ0n) is 8.33. The van der Waals surface area contributed by atoms with Gasteiger partial charge in [0.15, 0.2) is 0 Å². The second-order valence-electron chi connectivity index (χ2n) is 3.99. The highest BCUT2D eigenvalue weighted by Gasteiger charge is 2.21. The van der Waals surface area contributed by atoms with Crippen LogP contribution in [0.25, 0.3) is 0 Å². The van der Waals surface area contributed by atoms with Gasteiger partial charge in [-0.3, -0.25) is 0 Å². The van der Waals surface area contributed by atoms with Crippen LogP contribution < -0.4 is 5.32 Å². The van der Waals surface area contributed by atoms with Gasteiger partial charge >= 0.3 is 0 Å². The van der Waals surface area contributed by atoms with Crippen LogP contribution in [0, 0.1) is 5.92 Å². The Hall–Kier alpha value is -0.600. The van der Waals surface area contributed by atoms with E-state index in [1.807, 2.05) is 18.3 Å². The standard InChI is InChI=1S/C11H15ClN2/c1-8(13-6-9-2-3-9)10-4-5-11(12)14-7-10/h4-5,7-9,13H,2-3,6H2,1H3. The first kappa shape index (κ1) is 9.94. The Labute approximate surface area is 89.7 Å². The highest BCUT2D eigenvalue weighted by Crippen LogP contribution is 2.28. The molecular formula is C11H15ClN2. The third kappa shape index (κ3) is 2.69. The highest BCUT2D eigenvalue weighted by molar-refractivity contribution is 6.29. The molecule has 2 nitrogen and oxygen atoms in total. The molecule has 76 valence electrons. The van der Waals surface area contributed by atoms with Crippen LogP contribution in [-0.4, -0.2) is 11.5 Å². The summed E-state index contributed by atoms with van der Waals surface area (Å²) in [5, 5.41) is 4.06. The third-order valence-electron chi connectivity index (χ3n) is 2.66. The van der Waals surface area contributed by atoms with Crippen LogP contribution in [0.5, 0.6) is 0 Å². The second kappa shape index (κ2) is 4.28. The lowest BCUT2D eigenvalue weighted by Crippen LogP contribution is -2.21. The lowest BCUT2D eigenvalue weighted by molar-refractivity contribution is 0.547. The molecule has 1 saturated carbocycles. The summed E-state index contributed by atoms with van der Waals surface area (Å²) in [6.07, 6.45) is 4.62. The fourth-order valence-electron chi connectivity index (χ4n) is 1.43. The van der Waals surface area contributed by atoms with E-state index < -0.39 is 0 Å². The summed E-state index contributed by atoms with van der Waals surface area (Å²) in [5.41, 5.74) is 1.20. The summed E-state index contributed by atoms with van der Waals surface area (Å²) in [4.78, 5) is 4.07. The minimum atomic E-state index is 0.375. The molecule has 0 amide bonds. The van der Waals surface area contributed by atoms with Gasteiger partial charge in [0.25, 0.3) is 0 Å². The number of halogens is 1. The van der Waals surface area contributed by atoms with Crippen molar-refractivity contribution in [2.24, 2.45) is 5.92 Å². The number of nitrogens with zero attached hydrogens (tertiary/aromatic N) is 1. The van der Waals surface area contributed by atoms with E-state index in [1.54, 1.807) is 0 Å². The molecule has 1 aliphatic rings. The lowest BCUT2D eigenvalue weighted by Gasteiger charge is -2.13. The van der Waals surface area contributed by atoms with E-state index in [0.717, 1.165) is 12.5 Å². The quantitative estimate of drug-likeness (QED) is 0.774. The van der Waals surface area contributed by atoms with Crippen molar-refractivity contribution in [2.75, 3.05) is 6.54 Å². The van der Waals surface area contributed by atoms with Crippen LogP contribution in [0.4, 0.5) is 0 Å². The fourth-order valence-corrected chi connectivity index (χ4v) is 1.54. The van der Waals surface area contributed by atoms with Gasteiger partial charge in [0.05, 0.1) is 0 Å². The van der Waals surface area contributed by atoms with Crippen molar-refractivity contribution in [3.05, 3.63) is 29.0 Å². The summed E-state index contributed by atoms with van der Waals surface area (Å²) in [5.74, 6) is 0.915. The number of aromatic nitrogens is 1. The summed E-state index contributed by atoms with van der Waals surface area (Å²) in [6.45, 7) is 3.29. The second-order valence-corrected chi connectivity index (χ2v) is 4.37. The maximum absolute atomic E-state index is 5.72. The van der Waals surface area contributed by atoms with Crippen molar-refractivity contribution < 1.29 is 0 Å². The van der Waals surface area contributed by atoms with E-state index >= 15 is 0 Å². The first-order valence-corrected chi connectivity index (χ1v) is 5.48. The largest absolute Gasteiger partial charge is 0.310 e. The highest BCUT2D eigenvalue weighted by atomic mass is 35.5. The Morgan fingerprint density at radius 2 is 2.36 bits per heavy atom. The van der Waals surface area contributed by atoms with Gasteiger partial charge in [-0.1, -0.05) is 17.7 Å². The van der Waals surface area contributed by atoms with E-state index in [0.29, 0.717) is 11.2 Å². The molecule has 0 aromatic carbocycles. The zero-order chi connectivity index (χ0) is 9.97. The average Bonchev–Trinajstić information content (AvgIpc) is 2.99. The Kier molecular flexibility index (Phi) is 3.04. The van der Waals surface area contributed by atoms with E-state index in [9.17, 15) is 0 Å². The maximum Gasteiger partial charge on any atom is 0.129 e. The SMILES string of the molecule is CC(NCC1CC1)c1ccc(Cl)nc1. The van der Waals surface area contributed by atoms with Gasteiger partial charge < -0.3 is 5.32 Å². The zero-order valence-corrected chi connectivity index (χ0v) is 9.09. The average molecular weight is 211 g/mol. The predicted octanol–water partition coefficient (Wildman–Crippen LogP) is 2.80. The fraction of sp³-hybridized carbons (Fsp3) is 0.545. The van der Waals surface area contributed by atoms with Crippen LogP contribution in [0.15, 0.2) is 18.3 Å². The summed E-state index contributed by atoms with van der Waals surface area (Å²) in [7, 11) is 0. The van der Waals surface area contributed by atoms with Crippen molar-refractivity contribution in [1.29, 1.82) is 0 Å². The topological polar surface area (TPSA) is 24.9 Å². The molecule has 0 bridgehead atoms. The first-order valence-electron chi connectivity index (χ1n) is 5.10. The molecular weight excluding hydrogens is 196 g/mol. The monoisotopic (exact) mass is 210 g/mol. The Morgan fingerprint density at radius 1 is 1.57 bits per heavy atom. The smallest absolute Gasteiger partial charge is 0.129 e. The number of rotatable bonds is 4. The van der Waals surface area contributed by atoms with Crippen LogP contribution in [0.2, 0.25) is 5.15 Å². The molecule has 1 atom stereocenters. The van der Waals surface area contributed by atoms with Crippen LogP contribution >= 0.6 is 11.6 Å². The molecule has 1 aliphatic carbocycles. The predicted molar refractivity (Wildman–Crippen MR) is 58.4 cm³/mol. The maximum atomic E-state index is 5.72. The Balaban J connectivity index is 1.88. The summed E-state index contributed by atoms with van der Waals surface area (Å²) < 4.78 is 0. The normalized spacial score (nSPS) is 18.1. The van der Waals surface area contributed by atoms with Crippen LogP contribution in [0.1, 0.15) is 31.4 Å². The molecule has 0 aliphatic heterocycles. The number of hydrogen-bond acceptors (Lipinski definition) is 2. The molecule has 1 aromatic rings. The molecule has 3 heteroatoms. The molecule has 0 saturated heterocycles. The van der Waals surface area contributed by atoms with E-state index in [4.69, 9.17) is 11.6 Å². The molecule has 1 N–H and O–H groups in total. The lowest BCUT2D eigenvalue weighted by atomic mass is 10.1. The van der Waals surface area contributed by atoms with Gasteiger partial charge in [-0.2, -0.15) is 0 Å². The third-order valence-corrected chi connectivity index (χ3v) is 2.88. The van der Waals surface area contributed by atoms with Crippen molar-refractivity contribution in [3.63, 3.8) is 0 Å². The first-order chi connectivity index (χ1) is 6.75. The van der Waals surface area contributed by atoms with E-state index in [-0.39, 0.29) is 0 Å². The van der Waals surface area contributed by atoms with Gasteiger partial charge in [-0.15, -0.1) is 0 Å². The molecule has 1 aromatic heterocycles. The van der Waals surface area contributed by atoms with Crippen LogP contribution in [-0.2, 0) is 0 Å². The molecule has 2 rings (SSSR count). The molecule has 1 heterocycles. The van der Waals surface area contributed by atoms with Crippen molar-refractivity contribution in [1.82, 2.24) is 10.3 Å². The van der Waals surface area contributed by atoms with Crippen molar-refractivity contribution in [2.45, 2.75) is 25.8 Å².